The zero-order valence-electron chi connectivity index (χ0n) is 21.6. The zero-order valence-corrected chi connectivity index (χ0v) is 22.4. The van der Waals surface area contributed by atoms with Crippen LogP contribution < -0.4 is 10.5 Å². The maximum Gasteiger partial charge on any atom is 0.411 e. The molecule has 3 heterocycles. The fraction of sp³-hybridized carbons (Fsp3) is 0.185. The summed E-state index contributed by atoms with van der Waals surface area (Å²) in [4.78, 5) is 33.7. The summed E-state index contributed by atoms with van der Waals surface area (Å²) in [5, 5.41) is 21.1. The standard InChI is InChI=1S/C27H25ClN8O4/c1-34(27(38)39)20-6-3-17(4-7-20)22-15-29-26(31-22)24(10-12-40-2)35-11-9-18(13-25(35)37)21-14-19(28)5-8-23(21)36-16-30-32-33-36/h3-9,11,13-16,24H,10,12H2,1-2H3,(H,29,31)(H,38,39). The van der Waals surface area contributed by atoms with E-state index < -0.39 is 12.1 Å². The van der Waals surface area contributed by atoms with E-state index in [-0.39, 0.29) is 5.56 Å². The molecule has 13 heteroatoms. The van der Waals surface area contributed by atoms with E-state index in [9.17, 15) is 14.7 Å². The van der Waals surface area contributed by atoms with E-state index >= 15 is 0 Å². The lowest BCUT2D eigenvalue weighted by atomic mass is 10.0. The number of nitrogens with zero attached hydrogens (tertiary/aromatic N) is 7. The molecule has 40 heavy (non-hydrogen) atoms. The second kappa shape index (κ2) is 11.5. The lowest BCUT2D eigenvalue weighted by molar-refractivity contribution is 0.182. The molecule has 5 rings (SSSR count). The Balaban J connectivity index is 1.47. The number of ether oxygens (including phenoxy) is 1. The highest BCUT2D eigenvalue weighted by atomic mass is 35.5. The van der Waals surface area contributed by atoms with Crippen LogP contribution in [0.2, 0.25) is 5.02 Å². The van der Waals surface area contributed by atoms with Crippen LogP contribution in [0.1, 0.15) is 18.3 Å². The third-order valence-corrected chi connectivity index (χ3v) is 6.74. The van der Waals surface area contributed by atoms with Gasteiger partial charge in [0, 0.05) is 49.3 Å². The number of rotatable bonds is 9. The maximum atomic E-state index is 13.5. The van der Waals surface area contributed by atoms with E-state index in [2.05, 4.69) is 25.5 Å². The second-order valence-corrected chi connectivity index (χ2v) is 9.38. The number of aromatic amines is 1. The Morgan fingerprint density at radius 1 is 1.15 bits per heavy atom. The fourth-order valence-electron chi connectivity index (χ4n) is 4.39. The van der Waals surface area contributed by atoms with Crippen LogP contribution in [0.4, 0.5) is 10.5 Å². The molecule has 2 N–H and O–H groups in total. The molecule has 3 aromatic heterocycles. The van der Waals surface area contributed by atoms with E-state index in [1.165, 1.54) is 18.1 Å². The summed E-state index contributed by atoms with van der Waals surface area (Å²) in [7, 11) is 3.08. The number of aromatic nitrogens is 7. The summed E-state index contributed by atoms with van der Waals surface area (Å²) < 4.78 is 8.44. The first kappa shape index (κ1) is 26.8. The molecule has 0 spiro atoms. The molecular weight excluding hydrogens is 536 g/mol. The molecule has 0 fully saturated rings. The zero-order chi connectivity index (χ0) is 28.2. The number of nitrogens with one attached hydrogen (secondary N) is 1. The summed E-state index contributed by atoms with van der Waals surface area (Å²) in [5.74, 6) is 0.589. The van der Waals surface area contributed by atoms with Crippen molar-refractivity contribution >= 4 is 23.4 Å². The minimum atomic E-state index is -1.05. The largest absolute Gasteiger partial charge is 0.465 e. The first-order valence-electron chi connectivity index (χ1n) is 12.2. The topological polar surface area (TPSA) is 144 Å². The fourth-order valence-corrected chi connectivity index (χ4v) is 4.56. The van der Waals surface area contributed by atoms with E-state index in [1.54, 1.807) is 60.5 Å². The summed E-state index contributed by atoms with van der Waals surface area (Å²) in [6.45, 7) is 0.406. The molecule has 12 nitrogen and oxygen atoms in total. The average molecular weight is 561 g/mol. The van der Waals surface area contributed by atoms with Crippen LogP contribution >= 0.6 is 11.6 Å². The number of anilines is 1. The highest BCUT2D eigenvalue weighted by Gasteiger charge is 2.20. The average Bonchev–Trinajstić information content (AvgIpc) is 3.67. The number of hydrogen-bond acceptors (Lipinski definition) is 7. The van der Waals surface area contributed by atoms with Crippen LogP contribution in [-0.4, -0.2) is 66.7 Å². The van der Waals surface area contributed by atoms with Crippen LogP contribution in [0, 0.1) is 0 Å². The lowest BCUT2D eigenvalue weighted by Crippen LogP contribution is -2.26. The summed E-state index contributed by atoms with van der Waals surface area (Å²) in [5.41, 5.74) is 3.91. The van der Waals surface area contributed by atoms with Gasteiger partial charge in [0.05, 0.1) is 23.6 Å². The lowest BCUT2D eigenvalue weighted by Gasteiger charge is -2.18. The van der Waals surface area contributed by atoms with Crippen LogP contribution in [0.5, 0.6) is 0 Å². The van der Waals surface area contributed by atoms with Gasteiger partial charge in [0.15, 0.2) is 0 Å². The number of amides is 1. The van der Waals surface area contributed by atoms with Crippen LogP contribution in [-0.2, 0) is 4.74 Å². The van der Waals surface area contributed by atoms with E-state index in [4.69, 9.17) is 16.3 Å². The van der Waals surface area contributed by atoms with Gasteiger partial charge in [-0.25, -0.2) is 9.78 Å². The molecule has 0 aliphatic carbocycles. The third-order valence-electron chi connectivity index (χ3n) is 6.51. The number of carboxylic acid groups (broad SMARTS) is 1. The number of H-pyrrole nitrogens is 1. The summed E-state index contributed by atoms with van der Waals surface area (Å²) in [6, 6.07) is 15.3. The van der Waals surface area contributed by atoms with Crippen molar-refractivity contribution in [2.45, 2.75) is 12.5 Å². The van der Waals surface area contributed by atoms with Gasteiger partial charge in [-0.3, -0.25) is 9.69 Å². The summed E-state index contributed by atoms with van der Waals surface area (Å²) in [6.07, 6.45) is 4.34. The van der Waals surface area contributed by atoms with Crippen molar-refractivity contribution in [3.63, 3.8) is 0 Å². The molecule has 1 amide bonds. The molecule has 2 aromatic carbocycles. The number of benzene rings is 2. The predicted octanol–water partition coefficient (Wildman–Crippen LogP) is 4.27. The van der Waals surface area contributed by atoms with E-state index in [0.717, 1.165) is 16.2 Å². The van der Waals surface area contributed by atoms with E-state index in [0.29, 0.717) is 46.4 Å². The van der Waals surface area contributed by atoms with Gasteiger partial charge in [-0.2, -0.15) is 4.68 Å². The maximum absolute atomic E-state index is 13.5. The van der Waals surface area contributed by atoms with Crippen molar-refractivity contribution in [3.05, 3.63) is 94.5 Å². The van der Waals surface area contributed by atoms with Gasteiger partial charge in [0.2, 0.25) is 0 Å². The smallest absolute Gasteiger partial charge is 0.411 e. The predicted molar refractivity (Wildman–Crippen MR) is 149 cm³/mol. The second-order valence-electron chi connectivity index (χ2n) is 8.94. The number of hydrogen-bond donors (Lipinski definition) is 2. The van der Waals surface area contributed by atoms with Crippen molar-refractivity contribution in [3.8, 4) is 28.1 Å². The Labute approximate surface area is 233 Å². The monoisotopic (exact) mass is 560 g/mol. The Bertz CT molecular complexity index is 1680. The Hall–Kier alpha value is -4.81. The van der Waals surface area contributed by atoms with Crippen LogP contribution in [0.25, 0.3) is 28.1 Å². The van der Waals surface area contributed by atoms with Crippen LogP contribution in [0.15, 0.2) is 78.1 Å². The molecule has 1 atom stereocenters. The SMILES string of the molecule is COCCC(c1ncc(-c2ccc(N(C)C(=O)O)cc2)[nH]1)n1ccc(-c2cc(Cl)ccc2-n2cnnn2)cc1=O. The van der Waals surface area contributed by atoms with Gasteiger partial charge in [-0.15, -0.1) is 5.10 Å². The van der Waals surface area contributed by atoms with Crippen molar-refractivity contribution in [1.29, 1.82) is 0 Å². The molecule has 5 aromatic rings. The minimum Gasteiger partial charge on any atom is -0.465 e. The first-order valence-corrected chi connectivity index (χ1v) is 12.6. The van der Waals surface area contributed by atoms with Crippen molar-refractivity contribution in [1.82, 2.24) is 34.7 Å². The molecule has 1 unspecified atom stereocenters. The van der Waals surface area contributed by atoms with Gasteiger partial charge < -0.3 is 19.4 Å². The van der Waals surface area contributed by atoms with Crippen molar-refractivity contribution in [2.24, 2.45) is 0 Å². The molecular formula is C27H25ClN8O4. The molecule has 0 aliphatic rings. The molecule has 204 valence electrons. The third kappa shape index (κ3) is 5.48. The van der Waals surface area contributed by atoms with E-state index in [1.807, 2.05) is 18.2 Å². The number of tetrazole rings is 1. The molecule has 0 bridgehead atoms. The highest BCUT2D eigenvalue weighted by Crippen LogP contribution is 2.30. The van der Waals surface area contributed by atoms with Crippen LogP contribution in [0.3, 0.4) is 0 Å². The van der Waals surface area contributed by atoms with Gasteiger partial charge in [-0.05, 0) is 64.4 Å². The van der Waals surface area contributed by atoms with Crippen molar-refractivity contribution < 1.29 is 14.6 Å². The quantitative estimate of drug-likeness (QED) is 0.272. The van der Waals surface area contributed by atoms with Gasteiger partial charge in [0.25, 0.3) is 5.56 Å². The normalized spacial score (nSPS) is 11.9. The number of pyridine rings is 1. The summed E-state index contributed by atoms with van der Waals surface area (Å²) >= 11 is 6.28. The number of halogens is 1. The number of methoxy groups -OCH3 is 1. The number of imidazole rings is 1. The highest BCUT2D eigenvalue weighted by molar-refractivity contribution is 6.31. The van der Waals surface area contributed by atoms with Gasteiger partial charge in [-0.1, -0.05) is 23.7 Å². The van der Waals surface area contributed by atoms with Crippen molar-refractivity contribution in [2.75, 3.05) is 25.7 Å². The Morgan fingerprint density at radius 2 is 1.95 bits per heavy atom. The van der Waals surface area contributed by atoms with Gasteiger partial charge >= 0.3 is 6.09 Å². The van der Waals surface area contributed by atoms with Gasteiger partial charge in [0.1, 0.15) is 12.2 Å². The first-order chi connectivity index (χ1) is 19.4. The Morgan fingerprint density at radius 3 is 2.62 bits per heavy atom. The molecule has 0 radical (unpaired) electrons. The molecule has 0 aliphatic heterocycles. The minimum absolute atomic E-state index is 0.236. The number of carbonyl (C=O) groups is 1. The molecule has 0 saturated carbocycles. The Kier molecular flexibility index (Phi) is 7.71. The molecule has 0 saturated heterocycles.